The molecule has 2 unspecified atom stereocenters. The summed E-state index contributed by atoms with van der Waals surface area (Å²) in [5.74, 6) is -0.241. The quantitative estimate of drug-likeness (QED) is 0.627. The Morgan fingerprint density at radius 1 is 1.50 bits per heavy atom. The van der Waals surface area contributed by atoms with Gasteiger partial charge in [0.25, 0.3) is 0 Å². The van der Waals surface area contributed by atoms with Gasteiger partial charge in [-0.1, -0.05) is 6.92 Å². The Morgan fingerprint density at radius 3 is 2.60 bits per heavy atom. The molecular formula is C7H13F2N. The highest BCUT2D eigenvalue weighted by Gasteiger charge is 2.27. The molecule has 0 bridgehead atoms. The fourth-order valence-corrected chi connectivity index (χ4v) is 1.33. The van der Waals surface area contributed by atoms with E-state index in [1.54, 1.807) is 6.92 Å². The van der Waals surface area contributed by atoms with Crippen molar-refractivity contribution in [3.63, 3.8) is 0 Å². The molecule has 0 radical (unpaired) electrons. The molecule has 0 aliphatic carbocycles. The third-order valence-corrected chi connectivity index (χ3v) is 2.24. The van der Waals surface area contributed by atoms with Gasteiger partial charge in [0.05, 0.1) is 0 Å². The molecule has 60 valence electrons. The molecule has 2 atom stereocenters. The van der Waals surface area contributed by atoms with Crippen LogP contribution in [0.5, 0.6) is 0 Å². The van der Waals surface area contributed by atoms with Crippen LogP contribution >= 0.6 is 0 Å². The number of hydrogen-bond donors (Lipinski definition) is 1. The Labute approximate surface area is 59.8 Å². The smallest absolute Gasteiger partial charge is 0.241 e. The lowest BCUT2D eigenvalue weighted by Crippen LogP contribution is -2.21. The SMILES string of the molecule is CC(C(F)F)C1CCNC1. The Morgan fingerprint density at radius 2 is 2.20 bits per heavy atom. The number of nitrogens with one attached hydrogen (secondary N) is 1. The largest absolute Gasteiger partial charge is 0.316 e. The summed E-state index contributed by atoms with van der Waals surface area (Å²) in [7, 11) is 0. The zero-order valence-electron chi connectivity index (χ0n) is 6.11. The van der Waals surface area contributed by atoms with Crippen LogP contribution in [-0.2, 0) is 0 Å². The molecule has 1 rings (SSSR count). The van der Waals surface area contributed by atoms with E-state index in [-0.39, 0.29) is 5.92 Å². The number of alkyl halides is 2. The van der Waals surface area contributed by atoms with E-state index < -0.39 is 12.3 Å². The standard InChI is InChI=1S/C7H13F2N/c1-5(7(8)9)6-2-3-10-4-6/h5-7,10H,2-4H2,1H3. The maximum Gasteiger partial charge on any atom is 0.241 e. The minimum atomic E-state index is -2.15. The van der Waals surface area contributed by atoms with Crippen molar-refractivity contribution in [3.05, 3.63) is 0 Å². The van der Waals surface area contributed by atoms with Gasteiger partial charge in [-0.3, -0.25) is 0 Å². The average Bonchev–Trinajstić information content (AvgIpc) is 2.36. The molecule has 1 fully saturated rings. The highest BCUT2D eigenvalue weighted by molar-refractivity contribution is 4.76. The Bertz CT molecular complexity index is 99.8. The second-order valence-corrected chi connectivity index (χ2v) is 2.95. The maximum absolute atomic E-state index is 12.1. The number of rotatable bonds is 2. The second-order valence-electron chi connectivity index (χ2n) is 2.95. The molecular weight excluding hydrogens is 136 g/mol. The summed E-state index contributed by atoms with van der Waals surface area (Å²) in [6, 6.07) is 0. The highest BCUT2D eigenvalue weighted by atomic mass is 19.3. The Balaban J connectivity index is 2.32. The van der Waals surface area contributed by atoms with Gasteiger partial charge >= 0.3 is 0 Å². The average molecular weight is 149 g/mol. The van der Waals surface area contributed by atoms with Gasteiger partial charge in [0.2, 0.25) is 6.43 Å². The summed E-state index contributed by atoms with van der Waals surface area (Å²) in [6.07, 6.45) is -1.24. The van der Waals surface area contributed by atoms with Crippen LogP contribution in [0, 0.1) is 11.8 Å². The van der Waals surface area contributed by atoms with Gasteiger partial charge in [0.1, 0.15) is 0 Å². The van der Waals surface area contributed by atoms with E-state index >= 15 is 0 Å². The zero-order chi connectivity index (χ0) is 7.56. The van der Waals surface area contributed by atoms with Gasteiger partial charge in [-0.2, -0.15) is 0 Å². The molecule has 1 aliphatic heterocycles. The molecule has 1 aliphatic rings. The molecule has 1 heterocycles. The van der Waals surface area contributed by atoms with E-state index in [4.69, 9.17) is 0 Å². The number of halogens is 2. The van der Waals surface area contributed by atoms with Crippen LogP contribution in [0.2, 0.25) is 0 Å². The van der Waals surface area contributed by atoms with E-state index in [0.717, 1.165) is 19.5 Å². The fourth-order valence-electron chi connectivity index (χ4n) is 1.33. The summed E-state index contributed by atoms with van der Waals surface area (Å²) >= 11 is 0. The van der Waals surface area contributed by atoms with E-state index in [9.17, 15) is 8.78 Å². The van der Waals surface area contributed by atoms with Gasteiger partial charge < -0.3 is 5.32 Å². The monoisotopic (exact) mass is 149 g/mol. The van der Waals surface area contributed by atoms with Crippen molar-refractivity contribution in [1.82, 2.24) is 5.32 Å². The predicted molar refractivity (Wildman–Crippen MR) is 36.1 cm³/mol. The molecule has 0 aromatic heterocycles. The Hall–Kier alpha value is -0.180. The summed E-state index contributed by atoms with van der Waals surface area (Å²) < 4.78 is 24.1. The minimum absolute atomic E-state index is 0.194. The first kappa shape index (κ1) is 7.92. The highest BCUT2D eigenvalue weighted by Crippen LogP contribution is 2.23. The topological polar surface area (TPSA) is 12.0 Å². The second kappa shape index (κ2) is 3.28. The van der Waals surface area contributed by atoms with Gasteiger partial charge in [-0.15, -0.1) is 0 Å². The van der Waals surface area contributed by atoms with Crippen molar-refractivity contribution in [1.29, 1.82) is 0 Å². The van der Waals surface area contributed by atoms with E-state index in [0.29, 0.717) is 0 Å². The molecule has 1 nitrogen and oxygen atoms in total. The zero-order valence-corrected chi connectivity index (χ0v) is 6.11. The minimum Gasteiger partial charge on any atom is -0.316 e. The van der Waals surface area contributed by atoms with Gasteiger partial charge in [0, 0.05) is 5.92 Å². The normalized spacial score (nSPS) is 29.4. The molecule has 0 aromatic rings. The van der Waals surface area contributed by atoms with Crippen molar-refractivity contribution < 1.29 is 8.78 Å². The molecule has 0 saturated carbocycles. The first-order valence-electron chi connectivity index (χ1n) is 3.70. The van der Waals surface area contributed by atoms with E-state index in [1.165, 1.54) is 0 Å². The molecule has 1 saturated heterocycles. The van der Waals surface area contributed by atoms with Crippen molar-refractivity contribution >= 4 is 0 Å². The lowest BCUT2D eigenvalue weighted by atomic mass is 9.94. The van der Waals surface area contributed by atoms with Crippen LogP contribution in [0.3, 0.4) is 0 Å². The Kier molecular flexibility index (Phi) is 2.60. The van der Waals surface area contributed by atoms with Crippen LogP contribution in [0.4, 0.5) is 8.78 Å². The molecule has 0 spiro atoms. The molecule has 3 heteroatoms. The van der Waals surface area contributed by atoms with Crippen LogP contribution in [0.15, 0.2) is 0 Å². The lowest BCUT2D eigenvalue weighted by molar-refractivity contribution is 0.0584. The van der Waals surface area contributed by atoms with Crippen molar-refractivity contribution in [2.45, 2.75) is 19.8 Å². The first-order valence-corrected chi connectivity index (χ1v) is 3.70. The summed E-state index contributed by atoms with van der Waals surface area (Å²) in [4.78, 5) is 0. The molecule has 0 aromatic carbocycles. The third-order valence-electron chi connectivity index (χ3n) is 2.24. The van der Waals surface area contributed by atoms with E-state index in [1.807, 2.05) is 0 Å². The predicted octanol–water partition coefficient (Wildman–Crippen LogP) is 1.50. The maximum atomic E-state index is 12.1. The summed E-state index contributed by atoms with van der Waals surface area (Å²) in [6.45, 7) is 3.30. The van der Waals surface area contributed by atoms with Gasteiger partial charge in [0.15, 0.2) is 0 Å². The van der Waals surface area contributed by atoms with Crippen molar-refractivity contribution in [2.24, 2.45) is 11.8 Å². The van der Waals surface area contributed by atoms with Crippen LogP contribution in [0.1, 0.15) is 13.3 Å². The summed E-state index contributed by atoms with van der Waals surface area (Å²) in [5.41, 5.74) is 0. The van der Waals surface area contributed by atoms with Crippen LogP contribution < -0.4 is 5.32 Å². The first-order chi connectivity index (χ1) is 4.72. The molecule has 1 N–H and O–H groups in total. The van der Waals surface area contributed by atoms with E-state index in [2.05, 4.69) is 5.32 Å². The van der Waals surface area contributed by atoms with Crippen LogP contribution in [-0.4, -0.2) is 19.5 Å². The molecule has 0 amide bonds. The number of hydrogen-bond acceptors (Lipinski definition) is 1. The molecule has 10 heavy (non-hydrogen) atoms. The lowest BCUT2D eigenvalue weighted by Gasteiger charge is -2.16. The third kappa shape index (κ3) is 1.66. The van der Waals surface area contributed by atoms with Crippen molar-refractivity contribution in [2.75, 3.05) is 13.1 Å². The van der Waals surface area contributed by atoms with Gasteiger partial charge in [-0.25, -0.2) is 8.78 Å². The van der Waals surface area contributed by atoms with Crippen LogP contribution in [0.25, 0.3) is 0 Å². The summed E-state index contributed by atoms with van der Waals surface area (Å²) in [5, 5.41) is 3.07. The van der Waals surface area contributed by atoms with Gasteiger partial charge in [-0.05, 0) is 25.4 Å². The fraction of sp³-hybridized carbons (Fsp3) is 1.00. The van der Waals surface area contributed by atoms with Crippen molar-refractivity contribution in [3.8, 4) is 0 Å².